The molecule has 2 unspecified atom stereocenters. The van der Waals surface area contributed by atoms with Crippen molar-refractivity contribution in [2.45, 2.75) is 51.5 Å². The van der Waals surface area contributed by atoms with E-state index in [1.54, 1.807) is 0 Å². The summed E-state index contributed by atoms with van der Waals surface area (Å²) in [6, 6.07) is 0.515. The van der Waals surface area contributed by atoms with Crippen LogP contribution in [0.5, 0.6) is 0 Å². The average molecular weight is 336 g/mol. The molecule has 0 aromatic carbocycles. The van der Waals surface area contributed by atoms with E-state index < -0.39 is 0 Å². The third-order valence-corrected chi connectivity index (χ3v) is 5.91. The van der Waals surface area contributed by atoms with Gasteiger partial charge in [-0.15, -0.1) is 0 Å². The van der Waals surface area contributed by atoms with Crippen molar-refractivity contribution in [2.75, 3.05) is 45.8 Å². The summed E-state index contributed by atoms with van der Waals surface area (Å²) in [6.45, 7) is 7.08. The van der Waals surface area contributed by atoms with Crippen molar-refractivity contribution < 1.29 is 9.59 Å². The zero-order valence-electron chi connectivity index (χ0n) is 15.0. The molecular formula is C18H32N4O2. The highest BCUT2D eigenvalue weighted by atomic mass is 16.2. The van der Waals surface area contributed by atoms with Crippen molar-refractivity contribution in [3.05, 3.63) is 0 Å². The van der Waals surface area contributed by atoms with Gasteiger partial charge in [0, 0.05) is 45.3 Å². The first kappa shape index (κ1) is 17.5. The summed E-state index contributed by atoms with van der Waals surface area (Å²) >= 11 is 0. The first-order valence-corrected chi connectivity index (χ1v) is 9.73. The lowest BCUT2D eigenvalue weighted by Gasteiger charge is -2.45. The predicted octanol–water partition coefficient (Wildman–Crippen LogP) is 1.51. The molecule has 3 amide bonds. The molecule has 3 aliphatic rings. The second-order valence-electron chi connectivity index (χ2n) is 7.44. The zero-order chi connectivity index (χ0) is 16.9. The molecule has 0 aromatic heterocycles. The Morgan fingerprint density at radius 1 is 0.958 bits per heavy atom. The number of rotatable bonds is 3. The molecule has 1 aliphatic carbocycles. The number of nitrogens with zero attached hydrogens (tertiary/aromatic N) is 3. The summed E-state index contributed by atoms with van der Waals surface area (Å²) in [5.41, 5.74) is 0. The molecule has 1 N–H and O–H groups in total. The fourth-order valence-corrected chi connectivity index (χ4v) is 4.59. The van der Waals surface area contributed by atoms with Crippen molar-refractivity contribution in [3.8, 4) is 0 Å². The molecule has 0 bridgehead atoms. The quantitative estimate of drug-likeness (QED) is 0.850. The van der Waals surface area contributed by atoms with Crippen LogP contribution in [0.15, 0.2) is 0 Å². The first-order valence-electron chi connectivity index (χ1n) is 9.73. The standard InChI is InChI=1S/C18H32N4O2/c1-2-19-18(24)21-12-10-20(11-13-21)14-17(23)22-9-5-7-15-6-3-4-8-16(15)22/h15-16H,2-14H2,1H3,(H,19,24). The maximum absolute atomic E-state index is 12.8. The number of hydrogen-bond acceptors (Lipinski definition) is 3. The van der Waals surface area contributed by atoms with Crippen LogP contribution >= 0.6 is 0 Å². The normalized spacial score (nSPS) is 28.4. The lowest BCUT2D eigenvalue weighted by atomic mass is 9.78. The molecule has 0 aromatic rings. The van der Waals surface area contributed by atoms with Crippen molar-refractivity contribution in [1.82, 2.24) is 20.0 Å². The molecule has 6 heteroatoms. The highest BCUT2D eigenvalue weighted by molar-refractivity contribution is 5.79. The highest BCUT2D eigenvalue weighted by Crippen LogP contribution is 2.35. The lowest BCUT2D eigenvalue weighted by Crippen LogP contribution is -2.56. The summed E-state index contributed by atoms with van der Waals surface area (Å²) in [5.74, 6) is 1.05. The van der Waals surface area contributed by atoms with Crippen LogP contribution < -0.4 is 5.32 Å². The number of carbonyl (C=O) groups is 2. The van der Waals surface area contributed by atoms with Crippen LogP contribution in [0.25, 0.3) is 0 Å². The van der Waals surface area contributed by atoms with Gasteiger partial charge in [0.15, 0.2) is 0 Å². The van der Waals surface area contributed by atoms with E-state index >= 15 is 0 Å². The molecule has 0 radical (unpaired) electrons. The van der Waals surface area contributed by atoms with Gasteiger partial charge in [0.25, 0.3) is 0 Å². The molecule has 3 rings (SSSR count). The third kappa shape index (κ3) is 4.02. The number of hydrogen-bond donors (Lipinski definition) is 1. The van der Waals surface area contributed by atoms with E-state index in [0.29, 0.717) is 38.1 Å². The van der Waals surface area contributed by atoms with Gasteiger partial charge < -0.3 is 15.1 Å². The molecule has 3 fully saturated rings. The molecular weight excluding hydrogens is 304 g/mol. The van der Waals surface area contributed by atoms with E-state index in [0.717, 1.165) is 32.0 Å². The number of piperidine rings is 1. The second-order valence-corrected chi connectivity index (χ2v) is 7.44. The molecule has 2 atom stereocenters. The number of amides is 3. The number of likely N-dealkylation sites (tertiary alicyclic amines) is 1. The van der Waals surface area contributed by atoms with Gasteiger partial charge >= 0.3 is 6.03 Å². The molecule has 2 heterocycles. The molecule has 2 aliphatic heterocycles. The smallest absolute Gasteiger partial charge is 0.317 e. The van der Waals surface area contributed by atoms with Crippen LogP contribution in [0.1, 0.15) is 45.4 Å². The van der Waals surface area contributed by atoms with Crippen LogP contribution in [-0.2, 0) is 4.79 Å². The van der Waals surface area contributed by atoms with Crippen LogP contribution in [0.2, 0.25) is 0 Å². The number of carbonyl (C=O) groups excluding carboxylic acids is 2. The van der Waals surface area contributed by atoms with E-state index in [1.807, 2.05) is 11.8 Å². The second kappa shape index (κ2) is 8.19. The van der Waals surface area contributed by atoms with Crippen molar-refractivity contribution >= 4 is 11.9 Å². The van der Waals surface area contributed by atoms with E-state index in [1.165, 1.54) is 32.1 Å². The van der Waals surface area contributed by atoms with Crippen molar-refractivity contribution in [2.24, 2.45) is 5.92 Å². The Bertz CT molecular complexity index is 446. The van der Waals surface area contributed by atoms with Gasteiger partial charge in [-0.1, -0.05) is 12.8 Å². The van der Waals surface area contributed by atoms with Crippen molar-refractivity contribution in [3.63, 3.8) is 0 Å². The minimum Gasteiger partial charge on any atom is -0.338 e. The summed E-state index contributed by atoms with van der Waals surface area (Å²) in [5, 5.41) is 2.85. The Morgan fingerprint density at radius 2 is 1.67 bits per heavy atom. The summed E-state index contributed by atoms with van der Waals surface area (Å²) in [7, 11) is 0. The van der Waals surface area contributed by atoms with Crippen LogP contribution in [-0.4, -0.2) is 78.5 Å². The molecule has 24 heavy (non-hydrogen) atoms. The average Bonchev–Trinajstić information content (AvgIpc) is 2.62. The zero-order valence-corrected chi connectivity index (χ0v) is 15.0. The largest absolute Gasteiger partial charge is 0.338 e. The van der Waals surface area contributed by atoms with Crippen LogP contribution in [0.3, 0.4) is 0 Å². The van der Waals surface area contributed by atoms with Crippen LogP contribution in [0.4, 0.5) is 4.79 Å². The van der Waals surface area contributed by atoms with Gasteiger partial charge in [-0.25, -0.2) is 4.79 Å². The topological polar surface area (TPSA) is 55.9 Å². The SMILES string of the molecule is CCNC(=O)N1CCN(CC(=O)N2CCCC3CCCCC32)CC1. The number of urea groups is 1. The summed E-state index contributed by atoms with van der Waals surface area (Å²) < 4.78 is 0. The minimum atomic E-state index is 0.0181. The van der Waals surface area contributed by atoms with Gasteiger partial charge in [-0.2, -0.15) is 0 Å². The first-order chi connectivity index (χ1) is 11.7. The molecule has 1 saturated carbocycles. The Hall–Kier alpha value is -1.30. The maximum Gasteiger partial charge on any atom is 0.317 e. The van der Waals surface area contributed by atoms with E-state index in [9.17, 15) is 9.59 Å². The Kier molecular flexibility index (Phi) is 5.98. The van der Waals surface area contributed by atoms with Crippen molar-refractivity contribution in [1.29, 1.82) is 0 Å². The van der Waals surface area contributed by atoms with E-state index in [4.69, 9.17) is 0 Å². The van der Waals surface area contributed by atoms with Gasteiger partial charge in [-0.3, -0.25) is 9.69 Å². The van der Waals surface area contributed by atoms with Gasteiger partial charge in [0.05, 0.1) is 6.54 Å². The number of piperazine rings is 1. The van der Waals surface area contributed by atoms with E-state index in [-0.39, 0.29) is 6.03 Å². The van der Waals surface area contributed by atoms with Gasteiger partial charge in [0.1, 0.15) is 0 Å². The summed E-state index contributed by atoms with van der Waals surface area (Å²) in [6.07, 6.45) is 7.58. The lowest BCUT2D eigenvalue weighted by molar-refractivity contribution is -0.139. The number of nitrogens with one attached hydrogen (secondary N) is 1. The fourth-order valence-electron chi connectivity index (χ4n) is 4.59. The minimum absolute atomic E-state index is 0.0181. The molecule has 6 nitrogen and oxygen atoms in total. The van der Waals surface area contributed by atoms with Gasteiger partial charge in [0.2, 0.25) is 5.91 Å². The highest BCUT2D eigenvalue weighted by Gasteiger charge is 2.36. The molecule has 136 valence electrons. The monoisotopic (exact) mass is 336 g/mol. The Balaban J connectivity index is 1.48. The van der Waals surface area contributed by atoms with Crippen LogP contribution in [0, 0.1) is 5.92 Å². The molecule has 2 saturated heterocycles. The van der Waals surface area contributed by atoms with E-state index in [2.05, 4.69) is 15.1 Å². The fraction of sp³-hybridized carbons (Fsp3) is 0.889. The molecule has 0 spiro atoms. The van der Waals surface area contributed by atoms with Gasteiger partial charge in [-0.05, 0) is 38.5 Å². The Labute approximate surface area is 145 Å². The Morgan fingerprint density at radius 3 is 2.42 bits per heavy atom. The predicted molar refractivity (Wildman–Crippen MR) is 93.8 cm³/mol. The maximum atomic E-state index is 12.8. The third-order valence-electron chi connectivity index (χ3n) is 5.91. The summed E-state index contributed by atoms with van der Waals surface area (Å²) in [4.78, 5) is 30.9. The number of fused-ring (bicyclic) bond motifs is 1.